The molecule has 0 aliphatic rings. The second-order valence-corrected chi connectivity index (χ2v) is 6.85. The molecule has 0 atom stereocenters. The number of carbonyl (C=O) groups excluding carboxylic acids is 1. The molecule has 0 aliphatic heterocycles. The smallest absolute Gasteiger partial charge is 0.255 e. The minimum absolute atomic E-state index is 0.123. The molecule has 2 aromatic carbocycles. The average Bonchev–Trinajstić information content (AvgIpc) is 2.62. The number of benzene rings is 2. The van der Waals surface area contributed by atoms with Crippen LogP contribution >= 0.6 is 0 Å². The number of aryl methyl sites for hydroxylation is 2. The van der Waals surface area contributed by atoms with Gasteiger partial charge in [0.1, 0.15) is 5.75 Å². The lowest BCUT2D eigenvalue weighted by Crippen LogP contribution is -2.15. The minimum Gasteiger partial charge on any atom is -0.496 e. The Balaban J connectivity index is 2.21. The van der Waals surface area contributed by atoms with E-state index in [0.717, 1.165) is 34.5 Å². The Bertz CT molecular complexity index is 753. The van der Waals surface area contributed by atoms with Gasteiger partial charge in [-0.25, -0.2) is 0 Å². The minimum atomic E-state index is -0.123. The zero-order valence-electron chi connectivity index (χ0n) is 16.4. The lowest BCUT2D eigenvalue weighted by atomic mass is 10.0. The van der Waals surface area contributed by atoms with Gasteiger partial charge in [-0.15, -0.1) is 0 Å². The zero-order valence-corrected chi connectivity index (χ0v) is 16.4. The normalized spacial score (nSPS) is 10.8. The number of anilines is 1. The Labute approximate surface area is 156 Å². The highest BCUT2D eigenvalue weighted by Crippen LogP contribution is 2.24. The van der Waals surface area contributed by atoms with Crippen LogP contribution in [0.5, 0.6) is 5.75 Å². The predicted octanol–water partition coefficient (Wildman–Crippen LogP) is 4.99. The Kier molecular flexibility index (Phi) is 7.22. The van der Waals surface area contributed by atoms with Crippen molar-refractivity contribution in [2.45, 2.75) is 40.7 Å². The molecule has 0 unspecified atom stereocenters. The molecule has 2 aromatic rings. The lowest BCUT2D eigenvalue weighted by molar-refractivity contribution is 0.0952. The van der Waals surface area contributed by atoms with Gasteiger partial charge in [0.25, 0.3) is 5.91 Å². The van der Waals surface area contributed by atoms with Crippen molar-refractivity contribution < 1.29 is 14.3 Å². The summed E-state index contributed by atoms with van der Waals surface area (Å²) < 4.78 is 11.1. The molecule has 2 rings (SSSR count). The van der Waals surface area contributed by atoms with E-state index in [9.17, 15) is 4.79 Å². The van der Waals surface area contributed by atoms with Crippen LogP contribution in [0.4, 0.5) is 5.69 Å². The fourth-order valence-electron chi connectivity index (χ4n) is 2.82. The van der Waals surface area contributed by atoms with Crippen LogP contribution in [-0.4, -0.2) is 19.6 Å². The topological polar surface area (TPSA) is 47.6 Å². The molecule has 4 heteroatoms. The van der Waals surface area contributed by atoms with Crippen LogP contribution in [0, 0.1) is 12.8 Å². The number of hydrogen-bond acceptors (Lipinski definition) is 3. The molecular weight excluding hydrogens is 326 g/mol. The van der Waals surface area contributed by atoms with Gasteiger partial charge >= 0.3 is 0 Å². The monoisotopic (exact) mass is 355 g/mol. The first kappa shape index (κ1) is 20.0. The van der Waals surface area contributed by atoms with Gasteiger partial charge in [-0.05, 0) is 48.6 Å². The predicted molar refractivity (Wildman–Crippen MR) is 106 cm³/mol. The molecule has 0 bridgehead atoms. The molecule has 1 N–H and O–H groups in total. The molecule has 0 radical (unpaired) electrons. The Morgan fingerprint density at radius 1 is 1.15 bits per heavy atom. The molecule has 140 valence electrons. The van der Waals surface area contributed by atoms with Crippen LogP contribution in [0.2, 0.25) is 0 Å². The van der Waals surface area contributed by atoms with Gasteiger partial charge in [0, 0.05) is 23.4 Å². The third-order valence-electron chi connectivity index (χ3n) is 4.23. The number of hydrogen-bond donors (Lipinski definition) is 1. The Morgan fingerprint density at radius 2 is 1.92 bits per heavy atom. The molecule has 0 fully saturated rings. The first-order chi connectivity index (χ1) is 12.5. The molecule has 0 heterocycles. The van der Waals surface area contributed by atoms with Gasteiger partial charge in [-0.3, -0.25) is 4.79 Å². The number of nitrogens with one attached hydrogen (secondary N) is 1. The molecule has 0 aliphatic carbocycles. The van der Waals surface area contributed by atoms with Crippen molar-refractivity contribution in [1.82, 2.24) is 0 Å². The number of amides is 1. The first-order valence-electron chi connectivity index (χ1n) is 9.10. The largest absolute Gasteiger partial charge is 0.496 e. The fraction of sp³-hybridized carbons (Fsp3) is 0.409. The zero-order chi connectivity index (χ0) is 19.1. The summed E-state index contributed by atoms with van der Waals surface area (Å²) in [6.07, 6.45) is 0.869. The van der Waals surface area contributed by atoms with E-state index < -0.39 is 0 Å². The van der Waals surface area contributed by atoms with Crippen molar-refractivity contribution in [2.24, 2.45) is 5.92 Å². The van der Waals surface area contributed by atoms with Crippen molar-refractivity contribution >= 4 is 11.6 Å². The highest BCUT2D eigenvalue weighted by Gasteiger charge is 2.13. The highest BCUT2D eigenvalue weighted by molar-refractivity contribution is 6.05. The molecule has 1 amide bonds. The second kappa shape index (κ2) is 9.39. The van der Waals surface area contributed by atoms with E-state index in [2.05, 4.69) is 26.1 Å². The highest BCUT2D eigenvalue weighted by atomic mass is 16.5. The summed E-state index contributed by atoms with van der Waals surface area (Å²) in [4.78, 5) is 12.8. The van der Waals surface area contributed by atoms with Crippen LogP contribution in [0.1, 0.15) is 47.8 Å². The second-order valence-electron chi connectivity index (χ2n) is 6.85. The van der Waals surface area contributed by atoms with Gasteiger partial charge in [-0.1, -0.05) is 39.0 Å². The van der Waals surface area contributed by atoms with Gasteiger partial charge in [0.2, 0.25) is 0 Å². The van der Waals surface area contributed by atoms with Crippen LogP contribution in [-0.2, 0) is 17.8 Å². The van der Waals surface area contributed by atoms with Crippen LogP contribution in [0.3, 0.4) is 0 Å². The maximum atomic E-state index is 12.8. The summed E-state index contributed by atoms with van der Waals surface area (Å²) in [5.41, 5.74) is 4.56. The molecule has 4 nitrogen and oxygen atoms in total. The van der Waals surface area contributed by atoms with Crippen LogP contribution in [0.15, 0.2) is 36.4 Å². The van der Waals surface area contributed by atoms with Gasteiger partial charge in [0.15, 0.2) is 0 Å². The summed E-state index contributed by atoms with van der Waals surface area (Å²) in [5.74, 6) is 1.07. The average molecular weight is 355 g/mol. The standard InChI is InChI=1S/C22H29NO3/c1-6-17-9-7-8-16(4)21(17)23-22(24)18-10-11-20(25-5)19(12-18)14-26-13-15(2)3/h7-12,15H,6,13-14H2,1-5H3,(H,23,24). The summed E-state index contributed by atoms with van der Waals surface area (Å²) in [7, 11) is 1.63. The van der Waals surface area contributed by atoms with Crippen molar-refractivity contribution in [1.29, 1.82) is 0 Å². The van der Waals surface area contributed by atoms with E-state index in [1.54, 1.807) is 13.2 Å². The number of rotatable bonds is 8. The number of carbonyl (C=O) groups is 1. The van der Waals surface area contributed by atoms with E-state index in [1.165, 1.54) is 0 Å². The molecule has 0 saturated carbocycles. The summed E-state index contributed by atoms with van der Waals surface area (Å²) in [6.45, 7) is 9.40. The lowest BCUT2D eigenvalue weighted by Gasteiger charge is -2.15. The third-order valence-corrected chi connectivity index (χ3v) is 4.23. The Morgan fingerprint density at radius 3 is 2.58 bits per heavy atom. The number of para-hydroxylation sites is 1. The molecular formula is C22H29NO3. The van der Waals surface area contributed by atoms with Gasteiger partial charge < -0.3 is 14.8 Å². The molecule has 26 heavy (non-hydrogen) atoms. The van der Waals surface area contributed by atoms with Crippen LogP contribution < -0.4 is 10.1 Å². The SMILES string of the molecule is CCc1cccc(C)c1NC(=O)c1ccc(OC)c(COCC(C)C)c1. The first-order valence-corrected chi connectivity index (χ1v) is 9.10. The van der Waals surface area contributed by atoms with E-state index in [0.29, 0.717) is 24.7 Å². The number of methoxy groups -OCH3 is 1. The van der Waals surface area contributed by atoms with Crippen molar-refractivity contribution in [3.63, 3.8) is 0 Å². The quantitative estimate of drug-likeness (QED) is 0.725. The Hall–Kier alpha value is -2.33. The van der Waals surface area contributed by atoms with Gasteiger partial charge in [0.05, 0.1) is 13.7 Å². The summed E-state index contributed by atoms with van der Waals surface area (Å²) in [5, 5.41) is 3.06. The molecule has 0 spiro atoms. The van der Waals surface area contributed by atoms with Crippen molar-refractivity contribution in [3.8, 4) is 5.75 Å². The fourth-order valence-corrected chi connectivity index (χ4v) is 2.82. The van der Waals surface area contributed by atoms with E-state index >= 15 is 0 Å². The third kappa shape index (κ3) is 5.09. The van der Waals surface area contributed by atoms with Crippen LogP contribution in [0.25, 0.3) is 0 Å². The molecule has 0 saturated heterocycles. The van der Waals surface area contributed by atoms with Crippen molar-refractivity contribution in [3.05, 3.63) is 58.7 Å². The number of ether oxygens (including phenoxy) is 2. The maximum absolute atomic E-state index is 12.8. The summed E-state index contributed by atoms with van der Waals surface area (Å²) >= 11 is 0. The summed E-state index contributed by atoms with van der Waals surface area (Å²) in [6, 6.07) is 11.5. The van der Waals surface area contributed by atoms with E-state index in [1.807, 2.05) is 37.3 Å². The van der Waals surface area contributed by atoms with E-state index in [4.69, 9.17) is 9.47 Å². The molecule has 0 aromatic heterocycles. The van der Waals surface area contributed by atoms with Crippen molar-refractivity contribution in [2.75, 3.05) is 19.0 Å². The van der Waals surface area contributed by atoms with Gasteiger partial charge in [-0.2, -0.15) is 0 Å². The van der Waals surface area contributed by atoms with E-state index in [-0.39, 0.29) is 5.91 Å². The maximum Gasteiger partial charge on any atom is 0.255 e.